The second kappa shape index (κ2) is 5.83. The summed E-state index contributed by atoms with van der Waals surface area (Å²) < 4.78 is 0. The van der Waals surface area contributed by atoms with Crippen LogP contribution in [-0.2, 0) is 4.79 Å². The van der Waals surface area contributed by atoms with E-state index in [1.54, 1.807) is 12.1 Å². The molecule has 0 spiro atoms. The molecule has 1 saturated carbocycles. The van der Waals surface area contributed by atoms with Gasteiger partial charge in [0.15, 0.2) is 0 Å². The number of amides is 1. The molecule has 0 unspecified atom stereocenters. The summed E-state index contributed by atoms with van der Waals surface area (Å²) in [5.74, 6) is -1.64. The van der Waals surface area contributed by atoms with Crippen LogP contribution < -0.4 is 5.32 Å². The van der Waals surface area contributed by atoms with E-state index in [4.69, 9.17) is 16.7 Å². The number of aliphatic carboxylic acids is 1. The van der Waals surface area contributed by atoms with Crippen molar-refractivity contribution in [1.29, 1.82) is 0 Å². The van der Waals surface area contributed by atoms with Crippen molar-refractivity contribution in [2.24, 2.45) is 5.92 Å². The number of carbonyl (C=O) groups is 2. The van der Waals surface area contributed by atoms with Crippen molar-refractivity contribution in [1.82, 2.24) is 5.32 Å². The van der Waals surface area contributed by atoms with Crippen molar-refractivity contribution < 1.29 is 14.7 Å². The minimum Gasteiger partial charge on any atom is -0.481 e. The molecule has 0 aromatic heterocycles. The van der Waals surface area contributed by atoms with Gasteiger partial charge in [-0.1, -0.05) is 18.0 Å². The topological polar surface area (TPSA) is 66.4 Å². The minimum atomic E-state index is -0.848. The van der Waals surface area contributed by atoms with Crippen LogP contribution in [0.2, 0.25) is 5.02 Å². The van der Waals surface area contributed by atoms with Gasteiger partial charge < -0.3 is 10.4 Å². The Bertz CT molecular complexity index is 556. The Kier molecular flexibility index (Phi) is 4.33. The van der Waals surface area contributed by atoms with Crippen LogP contribution in [0, 0.1) is 19.8 Å². The molecule has 0 heterocycles. The van der Waals surface area contributed by atoms with Gasteiger partial charge in [-0.2, -0.15) is 0 Å². The van der Waals surface area contributed by atoms with E-state index in [1.807, 2.05) is 13.8 Å². The van der Waals surface area contributed by atoms with Gasteiger partial charge in [-0.15, -0.1) is 0 Å². The fraction of sp³-hybridized carbons (Fsp3) is 0.467. The predicted octanol–water partition coefficient (Wildman–Crippen LogP) is 2.94. The Hall–Kier alpha value is -1.55. The molecule has 108 valence electrons. The molecule has 20 heavy (non-hydrogen) atoms. The van der Waals surface area contributed by atoms with Crippen molar-refractivity contribution >= 4 is 23.5 Å². The molecule has 1 aromatic rings. The molecule has 0 aliphatic heterocycles. The van der Waals surface area contributed by atoms with Gasteiger partial charge in [-0.3, -0.25) is 9.59 Å². The third-order valence-electron chi connectivity index (χ3n) is 3.98. The zero-order valence-corrected chi connectivity index (χ0v) is 12.3. The molecule has 1 aliphatic carbocycles. The SMILES string of the molecule is Cc1cc(Cl)c(C(=O)N[C@@H]2CCC[C@@H]2C(=O)O)cc1C. The number of hydrogen-bond acceptors (Lipinski definition) is 2. The van der Waals surface area contributed by atoms with Gasteiger partial charge in [0.1, 0.15) is 0 Å². The van der Waals surface area contributed by atoms with Crippen LogP contribution >= 0.6 is 11.6 Å². The maximum atomic E-state index is 12.3. The number of carboxylic acid groups (broad SMARTS) is 1. The quantitative estimate of drug-likeness (QED) is 0.901. The number of nitrogens with one attached hydrogen (secondary N) is 1. The Morgan fingerprint density at radius 3 is 2.55 bits per heavy atom. The fourth-order valence-electron chi connectivity index (χ4n) is 2.63. The molecule has 2 rings (SSSR count). The summed E-state index contributed by atoms with van der Waals surface area (Å²) in [7, 11) is 0. The normalized spacial score (nSPS) is 21.8. The molecular weight excluding hydrogens is 278 g/mol. The number of aryl methyl sites for hydroxylation is 2. The van der Waals surface area contributed by atoms with Crippen LogP contribution in [-0.4, -0.2) is 23.0 Å². The number of hydrogen-bond donors (Lipinski definition) is 2. The summed E-state index contributed by atoms with van der Waals surface area (Å²) >= 11 is 6.10. The molecule has 4 nitrogen and oxygen atoms in total. The Balaban J connectivity index is 2.16. The lowest BCUT2D eigenvalue weighted by atomic mass is 10.0. The van der Waals surface area contributed by atoms with Crippen molar-refractivity contribution in [2.45, 2.75) is 39.2 Å². The third kappa shape index (κ3) is 2.96. The summed E-state index contributed by atoms with van der Waals surface area (Å²) in [5, 5.41) is 12.3. The monoisotopic (exact) mass is 295 g/mol. The van der Waals surface area contributed by atoms with Crippen LogP contribution in [0.15, 0.2) is 12.1 Å². The van der Waals surface area contributed by atoms with E-state index in [2.05, 4.69) is 5.32 Å². The predicted molar refractivity (Wildman–Crippen MR) is 77.2 cm³/mol. The molecule has 0 saturated heterocycles. The molecule has 0 bridgehead atoms. The molecular formula is C15H18ClNO3. The standard InChI is InChI=1S/C15H18ClNO3/c1-8-6-11(12(16)7-9(8)2)14(18)17-13-5-3-4-10(13)15(19)20/h6-7,10,13H,3-5H2,1-2H3,(H,17,18)(H,19,20)/t10-,13+/m0/s1. The highest BCUT2D eigenvalue weighted by molar-refractivity contribution is 6.34. The number of halogens is 1. The zero-order chi connectivity index (χ0) is 14.9. The van der Waals surface area contributed by atoms with Crippen LogP contribution in [0.1, 0.15) is 40.7 Å². The summed E-state index contributed by atoms with van der Waals surface area (Å²) in [6.07, 6.45) is 2.13. The molecule has 1 aliphatic rings. The van der Waals surface area contributed by atoms with E-state index in [0.717, 1.165) is 17.5 Å². The third-order valence-corrected chi connectivity index (χ3v) is 4.29. The molecule has 2 atom stereocenters. The van der Waals surface area contributed by atoms with Gasteiger partial charge in [0, 0.05) is 6.04 Å². The van der Waals surface area contributed by atoms with E-state index >= 15 is 0 Å². The summed E-state index contributed by atoms with van der Waals surface area (Å²) in [6.45, 7) is 3.85. The molecule has 0 radical (unpaired) electrons. The summed E-state index contributed by atoms with van der Waals surface area (Å²) in [6, 6.07) is 3.20. The number of benzene rings is 1. The van der Waals surface area contributed by atoms with Gasteiger partial charge in [-0.25, -0.2) is 0 Å². The lowest BCUT2D eigenvalue weighted by Gasteiger charge is -2.18. The van der Waals surface area contributed by atoms with Crippen LogP contribution in [0.3, 0.4) is 0 Å². The lowest BCUT2D eigenvalue weighted by molar-refractivity contribution is -0.142. The number of carbonyl (C=O) groups excluding carboxylic acids is 1. The first-order valence-corrected chi connectivity index (χ1v) is 7.08. The van der Waals surface area contributed by atoms with Crippen LogP contribution in [0.25, 0.3) is 0 Å². The molecule has 2 N–H and O–H groups in total. The van der Waals surface area contributed by atoms with E-state index in [0.29, 0.717) is 23.4 Å². The first-order chi connectivity index (χ1) is 9.40. The van der Waals surface area contributed by atoms with Gasteiger partial charge in [0.2, 0.25) is 0 Å². The van der Waals surface area contributed by atoms with Gasteiger partial charge in [0.05, 0.1) is 16.5 Å². The Morgan fingerprint density at radius 1 is 1.25 bits per heavy atom. The molecule has 5 heteroatoms. The maximum Gasteiger partial charge on any atom is 0.308 e. The first kappa shape index (κ1) is 14.9. The molecule has 1 aromatic carbocycles. The van der Waals surface area contributed by atoms with E-state index in [1.165, 1.54) is 0 Å². The van der Waals surface area contributed by atoms with Crippen molar-refractivity contribution in [3.8, 4) is 0 Å². The van der Waals surface area contributed by atoms with Crippen LogP contribution in [0.4, 0.5) is 0 Å². The van der Waals surface area contributed by atoms with E-state index in [9.17, 15) is 9.59 Å². The van der Waals surface area contributed by atoms with Crippen molar-refractivity contribution in [3.63, 3.8) is 0 Å². The first-order valence-electron chi connectivity index (χ1n) is 6.70. The number of carboxylic acids is 1. The average molecular weight is 296 g/mol. The fourth-order valence-corrected chi connectivity index (χ4v) is 2.93. The number of rotatable bonds is 3. The Morgan fingerprint density at radius 2 is 1.90 bits per heavy atom. The van der Waals surface area contributed by atoms with Gasteiger partial charge >= 0.3 is 5.97 Å². The highest BCUT2D eigenvalue weighted by Crippen LogP contribution is 2.27. The van der Waals surface area contributed by atoms with Gasteiger partial charge in [-0.05, 0) is 49.9 Å². The zero-order valence-electron chi connectivity index (χ0n) is 11.6. The average Bonchev–Trinajstić information content (AvgIpc) is 2.81. The van der Waals surface area contributed by atoms with E-state index in [-0.39, 0.29) is 11.9 Å². The second-order valence-corrected chi connectivity index (χ2v) is 5.78. The maximum absolute atomic E-state index is 12.3. The highest BCUT2D eigenvalue weighted by Gasteiger charge is 2.34. The Labute approximate surface area is 123 Å². The molecule has 1 fully saturated rings. The lowest BCUT2D eigenvalue weighted by Crippen LogP contribution is -2.40. The summed E-state index contributed by atoms with van der Waals surface area (Å²) in [4.78, 5) is 23.4. The second-order valence-electron chi connectivity index (χ2n) is 5.37. The largest absolute Gasteiger partial charge is 0.481 e. The van der Waals surface area contributed by atoms with Crippen LogP contribution in [0.5, 0.6) is 0 Å². The molecule has 1 amide bonds. The minimum absolute atomic E-state index is 0.295. The highest BCUT2D eigenvalue weighted by atomic mass is 35.5. The van der Waals surface area contributed by atoms with Crippen molar-refractivity contribution in [2.75, 3.05) is 0 Å². The van der Waals surface area contributed by atoms with Crippen molar-refractivity contribution in [3.05, 3.63) is 33.8 Å². The van der Waals surface area contributed by atoms with Gasteiger partial charge in [0.25, 0.3) is 5.91 Å². The summed E-state index contributed by atoms with van der Waals surface area (Å²) in [5.41, 5.74) is 2.42. The smallest absolute Gasteiger partial charge is 0.308 e. The van der Waals surface area contributed by atoms with E-state index < -0.39 is 11.9 Å².